The summed E-state index contributed by atoms with van der Waals surface area (Å²) in [6.45, 7) is 1.81. The Balaban J connectivity index is 2.16. The second kappa shape index (κ2) is 6.40. The summed E-state index contributed by atoms with van der Waals surface area (Å²) >= 11 is 1.66. The van der Waals surface area contributed by atoms with Crippen LogP contribution in [0.4, 0.5) is 11.5 Å². The van der Waals surface area contributed by atoms with E-state index < -0.39 is 0 Å². The number of nitrogens with one attached hydrogen (secondary N) is 2. The first-order valence-electron chi connectivity index (χ1n) is 6.03. The van der Waals surface area contributed by atoms with Gasteiger partial charge in [0, 0.05) is 21.8 Å². The number of rotatable bonds is 4. The fourth-order valence-electron chi connectivity index (χ4n) is 1.75. The lowest BCUT2D eigenvalue weighted by Gasteiger charge is -2.08. The summed E-state index contributed by atoms with van der Waals surface area (Å²) in [6, 6.07) is 11.0. The molecule has 0 atom stereocenters. The molecule has 0 bridgehead atoms. The maximum atomic E-state index is 12.2. The zero-order valence-electron chi connectivity index (χ0n) is 11.3. The number of hydrogen-bond donors (Lipinski definition) is 3. The minimum atomic E-state index is -0.191. The molecule has 1 aromatic heterocycles. The molecule has 0 saturated heterocycles. The topological polar surface area (TPSA) is 80.0 Å². The number of benzene rings is 1. The number of nitrogens with zero attached hydrogens (tertiary/aromatic N) is 1. The van der Waals surface area contributed by atoms with Gasteiger partial charge in [-0.15, -0.1) is 11.8 Å². The van der Waals surface area contributed by atoms with Crippen molar-refractivity contribution in [2.24, 2.45) is 5.84 Å². The maximum Gasteiger partial charge on any atom is 0.255 e. The van der Waals surface area contributed by atoms with E-state index in [0.717, 1.165) is 16.3 Å². The molecule has 0 saturated carbocycles. The highest BCUT2D eigenvalue weighted by atomic mass is 32.2. The minimum absolute atomic E-state index is 0.191. The second-order valence-electron chi connectivity index (χ2n) is 4.21. The second-order valence-corrected chi connectivity index (χ2v) is 5.09. The molecule has 1 heterocycles. The van der Waals surface area contributed by atoms with E-state index in [2.05, 4.69) is 15.7 Å². The van der Waals surface area contributed by atoms with Crippen LogP contribution >= 0.6 is 11.8 Å². The lowest BCUT2D eigenvalue weighted by Crippen LogP contribution is -2.15. The quantitative estimate of drug-likeness (QED) is 0.458. The molecule has 4 N–H and O–H groups in total. The number of thioether (sulfide) groups is 1. The van der Waals surface area contributed by atoms with Crippen LogP contribution in [0, 0.1) is 6.92 Å². The van der Waals surface area contributed by atoms with Crippen molar-refractivity contribution < 1.29 is 4.79 Å². The van der Waals surface area contributed by atoms with Crippen LogP contribution in [0.1, 0.15) is 16.1 Å². The van der Waals surface area contributed by atoms with Gasteiger partial charge in [0.2, 0.25) is 0 Å². The molecule has 0 aliphatic rings. The smallest absolute Gasteiger partial charge is 0.255 e. The molecule has 2 rings (SSSR count). The third-order valence-electron chi connectivity index (χ3n) is 2.71. The van der Waals surface area contributed by atoms with Crippen molar-refractivity contribution in [1.29, 1.82) is 0 Å². The van der Waals surface area contributed by atoms with Gasteiger partial charge in [0.1, 0.15) is 5.82 Å². The molecule has 0 spiro atoms. The van der Waals surface area contributed by atoms with Crippen LogP contribution in [0.2, 0.25) is 0 Å². The predicted molar refractivity (Wildman–Crippen MR) is 83.0 cm³/mol. The van der Waals surface area contributed by atoms with Gasteiger partial charge in [-0.2, -0.15) is 0 Å². The number of hydrazine groups is 1. The zero-order chi connectivity index (χ0) is 14.5. The van der Waals surface area contributed by atoms with Gasteiger partial charge in [-0.05, 0) is 49.6 Å². The van der Waals surface area contributed by atoms with E-state index in [1.165, 1.54) is 0 Å². The van der Waals surface area contributed by atoms with Crippen molar-refractivity contribution in [3.63, 3.8) is 0 Å². The van der Waals surface area contributed by atoms with Crippen molar-refractivity contribution in [3.8, 4) is 0 Å². The molecule has 1 amide bonds. The van der Waals surface area contributed by atoms with Gasteiger partial charge in [-0.3, -0.25) is 4.79 Å². The van der Waals surface area contributed by atoms with Crippen LogP contribution in [-0.4, -0.2) is 17.1 Å². The van der Waals surface area contributed by atoms with Crippen LogP contribution in [0.25, 0.3) is 0 Å². The predicted octanol–water partition coefficient (Wildman–Crippen LogP) is 2.65. The molecule has 5 nitrogen and oxygen atoms in total. The summed E-state index contributed by atoms with van der Waals surface area (Å²) < 4.78 is 0. The van der Waals surface area contributed by atoms with Gasteiger partial charge < -0.3 is 10.7 Å². The Hall–Kier alpha value is -2.05. The third-order valence-corrected chi connectivity index (χ3v) is 3.45. The molecule has 0 aliphatic heterocycles. The fraction of sp³-hybridized carbons (Fsp3) is 0.143. The molecule has 6 heteroatoms. The van der Waals surface area contributed by atoms with Gasteiger partial charge in [-0.1, -0.05) is 0 Å². The Morgan fingerprint density at radius 2 is 1.95 bits per heavy atom. The average Bonchev–Trinajstić information content (AvgIpc) is 2.47. The molecule has 104 valence electrons. The van der Waals surface area contributed by atoms with Gasteiger partial charge in [0.25, 0.3) is 5.91 Å². The summed E-state index contributed by atoms with van der Waals surface area (Å²) in [7, 11) is 0. The van der Waals surface area contributed by atoms with E-state index in [9.17, 15) is 4.79 Å². The Kier molecular flexibility index (Phi) is 4.60. The summed E-state index contributed by atoms with van der Waals surface area (Å²) in [5.41, 5.74) is 4.44. The van der Waals surface area contributed by atoms with E-state index in [0.29, 0.717) is 11.4 Å². The molecule has 0 fully saturated rings. The molecule has 0 radical (unpaired) electrons. The molecule has 0 unspecified atom stereocenters. The van der Waals surface area contributed by atoms with E-state index in [-0.39, 0.29) is 5.91 Å². The number of pyridine rings is 1. The first-order valence-corrected chi connectivity index (χ1v) is 7.25. The molecule has 2 aromatic rings. The molecule has 20 heavy (non-hydrogen) atoms. The molecule has 1 aromatic carbocycles. The first kappa shape index (κ1) is 14.4. The average molecular weight is 288 g/mol. The summed E-state index contributed by atoms with van der Waals surface area (Å²) in [4.78, 5) is 17.5. The van der Waals surface area contributed by atoms with E-state index >= 15 is 0 Å². The number of carbonyl (C=O) groups is 1. The molecular formula is C14H16N4OS. The largest absolute Gasteiger partial charge is 0.322 e. The van der Waals surface area contributed by atoms with Crippen LogP contribution in [0.5, 0.6) is 0 Å². The van der Waals surface area contributed by atoms with E-state index in [4.69, 9.17) is 5.84 Å². The van der Waals surface area contributed by atoms with Crippen molar-refractivity contribution in [3.05, 3.63) is 47.7 Å². The van der Waals surface area contributed by atoms with Crippen molar-refractivity contribution in [2.75, 3.05) is 17.0 Å². The Bertz CT molecular complexity index is 613. The van der Waals surface area contributed by atoms with Gasteiger partial charge in [0.15, 0.2) is 0 Å². The number of nitrogen functional groups attached to an aromatic ring is 1. The number of aromatic nitrogens is 1. The van der Waals surface area contributed by atoms with Crippen LogP contribution in [-0.2, 0) is 0 Å². The third kappa shape index (κ3) is 3.49. The lowest BCUT2D eigenvalue weighted by atomic mass is 10.2. The normalized spacial score (nSPS) is 10.2. The standard InChI is InChI=1S/C14H16N4OS/c1-9-7-10(8-13(16-9)18-15)14(19)17-11-3-5-12(20-2)6-4-11/h3-8H,15H2,1-2H3,(H,16,18)(H,17,19). The first-order chi connectivity index (χ1) is 9.62. The zero-order valence-corrected chi connectivity index (χ0v) is 12.1. The number of nitrogens with two attached hydrogens (primary N) is 1. The minimum Gasteiger partial charge on any atom is -0.322 e. The maximum absolute atomic E-state index is 12.2. The van der Waals surface area contributed by atoms with Crippen LogP contribution < -0.4 is 16.6 Å². The van der Waals surface area contributed by atoms with Gasteiger partial charge in [-0.25, -0.2) is 10.8 Å². The fourth-order valence-corrected chi connectivity index (χ4v) is 2.16. The van der Waals surface area contributed by atoms with Crippen LogP contribution in [0.15, 0.2) is 41.3 Å². The Morgan fingerprint density at radius 1 is 1.25 bits per heavy atom. The van der Waals surface area contributed by atoms with Gasteiger partial charge >= 0.3 is 0 Å². The van der Waals surface area contributed by atoms with E-state index in [1.54, 1.807) is 23.9 Å². The number of amides is 1. The SMILES string of the molecule is CSc1ccc(NC(=O)c2cc(C)nc(NN)c2)cc1. The molecule has 0 aliphatic carbocycles. The summed E-state index contributed by atoms with van der Waals surface area (Å²) in [5, 5.41) is 2.84. The number of hydrogen-bond acceptors (Lipinski definition) is 5. The number of anilines is 2. The van der Waals surface area contributed by atoms with Crippen molar-refractivity contribution >= 4 is 29.2 Å². The van der Waals surface area contributed by atoms with Gasteiger partial charge in [0.05, 0.1) is 0 Å². The highest BCUT2D eigenvalue weighted by Gasteiger charge is 2.08. The highest BCUT2D eigenvalue weighted by Crippen LogP contribution is 2.18. The summed E-state index contributed by atoms with van der Waals surface area (Å²) in [5.74, 6) is 5.60. The van der Waals surface area contributed by atoms with Crippen molar-refractivity contribution in [2.45, 2.75) is 11.8 Å². The Labute approximate surface area is 121 Å². The summed E-state index contributed by atoms with van der Waals surface area (Å²) in [6.07, 6.45) is 2.01. The highest BCUT2D eigenvalue weighted by molar-refractivity contribution is 7.98. The Morgan fingerprint density at radius 3 is 2.55 bits per heavy atom. The number of carbonyl (C=O) groups excluding carboxylic acids is 1. The monoisotopic (exact) mass is 288 g/mol. The van der Waals surface area contributed by atoms with Crippen molar-refractivity contribution in [1.82, 2.24) is 4.98 Å². The number of aryl methyl sites for hydroxylation is 1. The molecular weight excluding hydrogens is 272 g/mol. The van der Waals surface area contributed by atoms with Crippen LogP contribution in [0.3, 0.4) is 0 Å². The van der Waals surface area contributed by atoms with E-state index in [1.807, 2.05) is 37.4 Å². The lowest BCUT2D eigenvalue weighted by molar-refractivity contribution is 0.102.